The molecule has 24 heavy (non-hydrogen) atoms. The van der Waals surface area contributed by atoms with Crippen LogP contribution in [0.25, 0.3) is 11.4 Å². The number of aryl methyl sites for hydroxylation is 1. The number of rotatable bonds is 4. The van der Waals surface area contributed by atoms with E-state index >= 15 is 0 Å². The van der Waals surface area contributed by atoms with Crippen molar-refractivity contribution in [2.45, 2.75) is 32.9 Å². The van der Waals surface area contributed by atoms with E-state index in [4.69, 9.17) is 4.52 Å². The summed E-state index contributed by atoms with van der Waals surface area (Å²) in [6, 6.07) is 17.1. The largest absolute Gasteiger partial charge is 0.333 e. The van der Waals surface area contributed by atoms with Gasteiger partial charge >= 0.3 is 0 Å². The van der Waals surface area contributed by atoms with Crippen molar-refractivity contribution in [3.8, 4) is 11.4 Å². The summed E-state index contributed by atoms with van der Waals surface area (Å²) < 4.78 is 5.48. The Bertz CT molecular complexity index is 823. The second-order valence-corrected chi connectivity index (χ2v) is 6.43. The van der Waals surface area contributed by atoms with Crippen LogP contribution in [0.4, 0.5) is 0 Å². The van der Waals surface area contributed by atoms with Gasteiger partial charge in [0.2, 0.25) is 5.82 Å². The number of fused-ring (bicyclic) bond motifs is 1. The lowest BCUT2D eigenvalue weighted by molar-refractivity contribution is -0.930. The van der Waals surface area contributed by atoms with Crippen LogP contribution in [0.2, 0.25) is 0 Å². The number of benzene rings is 2. The molecule has 2 aromatic carbocycles. The Hall–Kier alpha value is -2.46. The van der Waals surface area contributed by atoms with Gasteiger partial charge in [-0.1, -0.05) is 60.6 Å². The molecule has 4 rings (SSSR count). The van der Waals surface area contributed by atoms with Gasteiger partial charge in [0.25, 0.3) is 5.89 Å². The van der Waals surface area contributed by atoms with E-state index in [0.29, 0.717) is 5.82 Å². The van der Waals surface area contributed by atoms with Crippen molar-refractivity contribution in [2.24, 2.45) is 0 Å². The molecular weight excluding hydrogens is 298 g/mol. The topological polar surface area (TPSA) is 43.4 Å². The van der Waals surface area contributed by atoms with Gasteiger partial charge in [-0.3, -0.25) is 0 Å². The summed E-state index contributed by atoms with van der Waals surface area (Å²) in [6.07, 6.45) is 2.16. The second kappa shape index (κ2) is 6.57. The lowest BCUT2D eigenvalue weighted by atomic mass is 10.00. The minimum atomic E-state index is 0.685. The number of quaternary nitrogens is 1. The van der Waals surface area contributed by atoms with Crippen LogP contribution in [0.1, 0.15) is 29.5 Å². The third kappa shape index (κ3) is 3.10. The molecule has 0 radical (unpaired) electrons. The first-order valence-corrected chi connectivity index (χ1v) is 8.64. The predicted molar refractivity (Wildman–Crippen MR) is 92.5 cm³/mol. The van der Waals surface area contributed by atoms with Gasteiger partial charge in [0.05, 0.1) is 6.54 Å². The van der Waals surface area contributed by atoms with Gasteiger partial charge in [0.1, 0.15) is 6.54 Å². The molecular formula is C20H22N3O+. The highest BCUT2D eigenvalue weighted by Crippen LogP contribution is 2.17. The van der Waals surface area contributed by atoms with Crippen LogP contribution in [0.5, 0.6) is 0 Å². The number of nitrogens with zero attached hydrogens (tertiary/aromatic N) is 2. The van der Waals surface area contributed by atoms with Gasteiger partial charge in [-0.05, 0) is 17.5 Å². The van der Waals surface area contributed by atoms with E-state index in [-0.39, 0.29) is 0 Å². The van der Waals surface area contributed by atoms with Crippen molar-refractivity contribution in [3.05, 3.63) is 71.1 Å². The minimum absolute atomic E-state index is 0.685. The minimum Gasteiger partial charge on any atom is -0.333 e. The summed E-state index contributed by atoms with van der Waals surface area (Å²) in [6.45, 7) is 5.08. The molecule has 1 aliphatic rings. The van der Waals surface area contributed by atoms with E-state index in [1.807, 2.05) is 0 Å². The molecule has 1 aliphatic heterocycles. The van der Waals surface area contributed by atoms with Crippen LogP contribution in [-0.4, -0.2) is 16.7 Å². The Morgan fingerprint density at radius 2 is 1.83 bits per heavy atom. The highest BCUT2D eigenvalue weighted by atomic mass is 16.5. The summed E-state index contributed by atoms with van der Waals surface area (Å²) in [5.74, 6) is 1.41. The van der Waals surface area contributed by atoms with Gasteiger partial charge in [-0.2, -0.15) is 4.98 Å². The summed E-state index contributed by atoms with van der Waals surface area (Å²) >= 11 is 0. The van der Waals surface area contributed by atoms with E-state index in [1.54, 1.807) is 0 Å². The normalized spacial score (nSPS) is 16.8. The summed E-state index contributed by atoms with van der Waals surface area (Å²) in [5.41, 5.74) is 5.25. The summed E-state index contributed by atoms with van der Waals surface area (Å²) in [4.78, 5) is 6.06. The number of aromatic nitrogens is 2. The van der Waals surface area contributed by atoms with Gasteiger partial charge in [-0.15, -0.1) is 0 Å². The van der Waals surface area contributed by atoms with Crippen LogP contribution < -0.4 is 4.90 Å². The molecule has 0 saturated carbocycles. The Balaban J connectivity index is 1.46. The average molecular weight is 320 g/mol. The van der Waals surface area contributed by atoms with Crippen molar-refractivity contribution in [3.63, 3.8) is 0 Å². The Kier molecular flexibility index (Phi) is 4.13. The lowest BCUT2D eigenvalue weighted by Gasteiger charge is -2.24. The first-order valence-electron chi connectivity index (χ1n) is 8.64. The maximum absolute atomic E-state index is 5.48. The second-order valence-electron chi connectivity index (χ2n) is 6.43. The molecule has 1 unspecified atom stereocenters. The number of nitrogens with one attached hydrogen (secondary N) is 1. The maximum Gasteiger partial charge on any atom is 0.282 e. The van der Waals surface area contributed by atoms with E-state index in [2.05, 4.69) is 65.6 Å². The van der Waals surface area contributed by atoms with E-state index < -0.39 is 0 Å². The van der Waals surface area contributed by atoms with Crippen molar-refractivity contribution >= 4 is 0 Å². The molecule has 0 aliphatic carbocycles. The molecule has 3 aromatic rings. The van der Waals surface area contributed by atoms with E-state index in [1.165, 1.54) is 21.6 Å². The quantitative estimate of drug-likeness (QED) is 0.803. The zero-order chi connectivity index (χ0) is 16.4. The van der Waals surface area contributed by atoms with Gasteiger partial charge in [0.15, 0.2) is 6.54 Å². The molecule has 0 fully saturated rings. The monoisotopic (exact) mass is 320 g/mol. The zero-order valence-electron chi connectivity index (χ0n) is 14.0. The molecule has 0 saturated heterocycles. The molecule has 1 atom stereocenters. The highest BCUT2D eigenvalue weighted by molar-refractivity contribution is 5.54. The first kappa shape index (κ1) is 15.1. The van der Waals surface area contributed by atoms with Crippen molar-refractivity contribution in [1.82, 2.24) is 10.1 Å². The molecule has 122 valence electrons. The molecule has 4 nitrogen and oxygen atoms in total. The van der Waals surface area contributed by atoms with E-state index in [9.17, 15) is 0 Å². The third-order valence-corrected chi connectivity index (χ3v) is 4.80. The molecule has 0 bridgehead atoms. The molecule has 2 heterocycles. The van der Waals surface area contributed by atoms with E-state index in [0.717, 1.165) is 43.9 Å². The lowest BCUT2D eigenvalue weighted by Crippen LogP contribution is -3.10. The van der Waals surface area contributed by atoms with Crippen molar-refractivity contribution < 1.29 is 9.42 Å². The summed E-state index contributed by atoms with van der Waals surface area (Å²) in [5, 5.41) is 4.15. The standard InChI is InChI=1S/C20H21N3O/c1-2-15-7-9-17(10-8-15)20-21-19(24-22-20)14-23-12-11-16-5-3-4-6-18(16)13-23/h3-10H,2,11-14H2,1H3/p+1. The zero-order valence-corrected chi connectivity index (χ0v) is 14.0. The van der Waals surface area contributed by atoms with Gasteiger partial charge in [0, 0.05) is 17.5 Å². The predicted octanol–water partition coefficient (Wildman–Crippen LogP) is 2.44. The van der Waals surface area contributed by atoms with Crippen molar-refractivity contribution in [2.75, 3.05) is 6.54 Å². The fourth-order valence-electron chi connectivity index (χ4n) is 3.34. The average Bonchev–Trinajstić information content (AvgIpc) is 3.10. The maximum atomic E-state index is 5.48. The first-order chi connectivity index (χ1) is 11.8. The van der Waals surface area contributed by atoms with Crippen LogP contribution in [-0.2, 0) is 25.9 Å². The van der Waals surface area contributed by atoms with Crippen LogP contribution >= 0.6 is 0 Å². The molecule has 0 spiro atoms. The highest BCUT2D eigenvalue weighted by Gasteiger charge is 2.21. The molecule has 0 amide bonds. The van der Waals surface area contributed by atoms with Crippen LogP contribution in [0.3, 0.4) is 0 Å². The fourth-order valence-corrected chi connectivity index (χ4v) is 3.34. The van der Waals surface area contributed by atoms with Crippen LogP contribution in [0, 0.1) is 0 Å². The Morgan fingerprint density at radius 1 is 1.04 bits per heavy atom. The smallest absolute Gasteiger partial charge is 0.282 e. The van der Waals surface area contributed by atoms with Gasteiger partial charge < -0.3 is 9.42 Å². The molecule has 1 N–H and O–H groups in total. The van der Waals surface area contributed by atoms with Crippen molar-refractivity contribution in [1.29, 1.82) is 0 Å². The number of hydrogen-bond donors (Lipinski definition) is 1. The SMILES string of the molecule is CCc1ccc(-c2noc(C[NH+]3CCc4ccccc4C3)n2)cc1. The Labute approximate surface area is 142 Å². The summed E-state index contributed by atoms with van der Waals surface area (Å²) in [7, 11) is 0. The van der Waals surface area contributed by atoms with Gasteiger partial charge in [-0.25, -0.2) is 0 Å². The number of hydrogen-bond acceptors (Lipinski definition) is 3. The molecule has 4 heteroatoms. The molecule has 1 aromatic heterocycles. The fraction of sp³-hybridized carbons (Fsp3) is 0.300. The van der Waals surface area contributed by atoms with Crippen LogP contribution in [0.15, 0.2) is 53.1 Å². The third-order valence-electron chi connectivity index (χ3n) is 4.80. The Morgan fingerprint density at radius 3 is 2.62 bits per heavy atom.